The van der Waals surface area contributed by atoms with Crippen LogP contribution >= 0.6 is 0 Å². The molecule has 0 amide bonds. The second-order valence-electron chi connectivity index (χ2n) is 7.23. The molecule has 1 aromatic carbocycles. The van der Waals surface area contributed by atoms with Gasteiger partial charge >= 0.3 is 0 Å². The Labute approximate surface area is 143 Å². The summed E-state index contributed by atoms with van der Waals surface area (Å²) in [6, 6.07) is 8.65. The van der Waals surface area contributed by atoms with Gasteiger partial charge in [-0.15, -0.1) is 0 Å². The molecule has 0 radical (unpaired) electrons. The lowest BCUT2D eigenvalue weighted by atomic mass is 9.46. The zero-order valence-corrected chi connectivity index (χ0v) is 14.5. The van der Waals surface area contributed by atoms with Gasteiger partial charge in [-0.3, -0.25) is 4.99 Å². The molecule has 2 aliphatic carbocycles. The molecular formula is C19H27N3O2. The summed E-state index contributed by atoms with van der Waals surface area (Å²) in [5.74, 6) is 2.44. The van der Waals surface area contributed by atoms with E-state index < -0.39 is 0 Å². The first kappa shape index (κ1) is 15.8. The molecule has 3 atom stereocenters. The number of methoxy groups -OCH3 is 1. The van der Waals surface area contributed by atoms with E-state index in [9.17, 15) is 0 Å². The van der Waals surface area contributed by atoms with Crippen LogP contribution in [0, 0.1) is 11.3 Å². The van der Waals surface area contributed by atoms with Crippen LogP contribution < -0.4 is 15.4 Å². The van der Waals surface area contributed by atoms with Gasteiger partial charge in [0, 0.05) is 37.6 Å². The summed E-state index contributed by atoms with van der Waals surface area (Å²) in [6.07, 6.45) is 5.59. The molecule has 4 rings (SSSR count). The predicted octanol–water partition coefficient (Wildman–Crippen LogP) is 2.32. The van der Waals surface area contributed by atoms with Gasteiger partial charge in [0.1, 0.15) is 5.75 Å². The maximum atomic E-state index is 5.99. The topological polar surface area (TPSA) is 54.9 Å². The van der Waals surface area contributed by atoms with Gasteiger partial charge in [0.05, 0.1) is 13.2 Å². The van der Waals surface area contributed by atoms with Crippen molar-refractivity contribution in [3.8, 4) is 5.75 Å². The molecule has 5 heteroatoms. The Morgan fingerprint density at radius 2 is 2.12 bits per heavy atom. The third-order valence-corrected chi connectivity index (χ3v) is 6.17. The maximum absolute atomic E-state index is 5.99. The van der Waals surface area contributed by atoms with Crippen LogP contribution in [-0.4, -0.2) is 38.9 Å². The lowest BCUT2D eigenvalue weighted by molar-refractivity contribution is -0.171. The van der Waals surface area contributed by atoms with Crippen molar-refractivity contribution in [1.82, 2.24) is 10.6 Å². The van der Waals surface area contributed by atoms with Crippen molar-refractivity contribution in [1.29, 1.82) is 0 Å². The SMILES string of the molecule is CN=C(NCc1ccc(OC)cc1)NC1C2CCOC2C12CCC2. The third-order valence-electron chi connectivity index (χ3n) is 6.17. The first-order chi connectivity index (χ1) is 11.8. The summed E-state index contributed by atoms with van der Waals surface area (Å²) in [4.78, 5) is 4.43. The Kier molecular flexibility index (Phi) is 4.12. The van der Waals surface area contributed by atoms with Gasteiger partial charge in [-0.1, -0.05) is 18.6 Å². The Morgan fingerprint density at radius 1 is 1.33 bits per heavy atom. The van der Waals surface area contributed by atoms with Crippen molar-refractivity contribution in [3.05, 3.63) is 29.8 Å². The average molecular weight is 329 g/mol. The fourth-order valence-corrected chi connectivity index (χ4v) is 4.73. The van der Waals surface area contributed by atoms with E-state index in [1.807, 2.05) is 19.2 Å². The summed E-state index contributed by atoms with van der Waals surface area (Å²) >= 11 is 0. The van der Waals surface area contributed by atoms with Crippen LogP contribution in [0.2, 0.25) is 0 Å². The summed E-state index contributed by atoms with van der Waals surface area (Å²) in [5.41, 5.74) is 1.59. The standard InChI is InChI=1S/C19H27N3O2/c1-20-18(21-12-13-4-6-14(23-2)7-5-13)22-16-15-8-11-24-17(15)19(16)9-3-10-19/h4-7,15-17H,3,8-12H2,1-2H3,(H2,20,21,22). The van der Waals surface area contributed by atoms with E-state index >= 15 is 0 Å². The molecule has 3 fully saturated rings. The molecule has 2 N–H and O–H groups in total. The van der Waals surface area contributed by atoms with E-state index in [0.29, 0.717) is 23.5 Å². The van der Waals surface area contributed by atoms with Crippen molar-refractivity contribution < 1.29 is 9.47 Å². The lowest BCUT2D eigenvalue weighted by Gasteiger charge is -2.63. The second kappa shape index (κ2) is 6.28. The highest BCUT2D eigenvalue weighted by Crippen LogP contribution is 2.62. The number of nitrogens with zero attached hydrogens (tertiary/aromatic N) is 1. The van der Waals surface area contributed by atoms with Crippen LogP contribution in [-0.2, 0) is 11.3 Å². The number of hydrogen-bond acceptors (Lipinski definition) is 3. The normalized spacial score (nSPS) is 30.2. The van der Waals surface area contributed by atoms with Gasteiger partial charge in [0.2, 0.25) is 0 Å². The number of fused-ring (bicyclic) bond motifs is 2. The van der Waals surface area contributed by atoms with Crippen LogP contribution in [0.1, 0.15) is 31.2 Å². The molecule has 2 saturated carbocycles. The minimum atomic E-state index is 0.374. The summed E-state index contributed by atoms with van der Waals surface area (Å²) in [6.45, 7) is 1.68. The van der Waals surface area contributed by atoms with E-state index in [2.05, 4.69) is 27.8 Å². The molecule has 0 aromatic heterocycles. The van der Waals surface area contributed by atoms with E-state index in [4.69, 9.17) is 9.47 Å². The quantitative estimate of drug-likeness (QED) is 0.657. The molecule has 1 heterocycles. The Bertz CT molecular complexity index is 610. The van der Waals surface area contributed by atoms with Gasteiger partial charge in [0.15, 0.2) is 5.96 Å². The fourth-order valence-electron chi connectivity index (χ4n) is 4.73. The van der Waals surface area contributed by atoms with Crippen LogP contribution in [0.15, 0.2) is 29.3 Å². The average Bonchev–Trinajstić information content (AvgIpc) is 2.99. The highest BCUT2D eigenvalue weighted by Gasteiger charge is 2.66. The number of rotatable bonds is 4. The van der Waals surface area contributed by atoms with Gasteiger partial charge in [-0.25, -0.2) is 0 Å². The first-order valence-electron chi connectivity index (χ1n) is 8.98. The largest absolute Gasteiger partial charge is 0.497 e. The predicted molar refractivity (Wildman–Crippen MR) is 94.2 cm³/mol. The Balaban J connectivity index is 1.36. The highest BCUT2D eigenvalue weighted by atomic mass is 16.5. The number of aliphatic imine (C=N–C) groups is 1. The summed E-state index contributed by atoms with van der Waals surface area (Å²) in [5, 5.41) is 7.14. The molecule has 130 valence electrons. The third kappa shape index (κ3) is 2.46. The van der Waals surface area contributed by atoms with Crippen LogP contribution in [0.25, 0.3) is 0 Å². The minimum absolute atomic E-state index is 0.374. The molecule has 24 heavy (non-hydrogen) atoms. The molecule has 1 spiro atoms. The van der Waals surface area contributed by atoms with E-state index in [0.717, 1.165) is 24.9 Å². The zero-order valence-electron chi connectivity index (χ0n) is 14.5. The van der Waals surface area contributed by atoms with Crippen molar-refractivity contribution in [2.45, 2.75) is 44.4 Å². The van der Waals surface area contributed by atoms with Crippen molar-refractivity contribution in [3.63, 3.8) is 0 Å². The molecule has 1 saturated heterocycles. The van der Waals surface area contributed by atoms with Crippen molar-refractivity contribution in [2.75, 3.05) is 20.8 Å². The van der Waals surface area contributed by atoms with Crippen LogP contribution in [0.4, 0.5) is 0 Å². The highest BCUT2D eigenvalue weighted by molar-refractivity contribution is 5.80. The summed E-state index contributed by atoms with van der Waals surface area (Å²) in [7, 11) is 3.53. The van der Waals surface area contributed by atoms with Crippen molar-refractivity contribution >= 4 is 5.96 Å². The Morgan fingerprint density at radius 3 is 2.75 bits per heavy atom. The molecule has 0 bridgehead atoms. The Hall–Kier alpha value is -1.75. The molecule has 1 aliphatic heterocycles. The molecule has 3 aliphatic rings. The van der Waals surface area contributed by atoms with Gasteiger partial charge in [-0.2, -0.15) is 0 Å². The van der Waals surface area contributed by atoms with E-state index in [1.54, 1.807) is 7.11 Å². The lowest BCUT2D eigenvalue weighted by Crippen LogP contribution is -2.72. The van der Waals surface area contributed by atoms with Crippen LogP contribution in [0.3, 0.4) is 0 Å². The van der Waals surface area contributed by atoms with E-state index in [1.165, 1.54) is 31.2 Å². The first-order valence-corrected chi connectivity index (χ1v) is 8.98. The van der Waals surface area contributed by atoms with Crippen molar-refractivity contribution in [2.24, 2.45) is 16.3 Å². The number of guanidine groups is 1. The number of ether oxygens (including phenoxy) is 2. The smallest absolute Gasteiger partial charge is 0.191 e. The molecule has 1 aromatic rings. The summed E-state index contributed by atoms with van der Waals surface area (Å²) < 4.78 is 11.2. The van der Waals surface area contributed by atoms with E-state index in [-0.39, 0.29) is 0 Å². The number of nitrogens with one attached hydrogen (secondary N) is 2. The maximum Gasteiger partial charge on any atom is 0.191 e. The van der Waals surface area contributed by atoms with Gasteiger partial charge in [0.25, 0.3) is 0 Å². The fraction of sp³-hybridized carbons (Fsp3) is 0.632. The number of benzene rings is 1. The van der Waals surface area contributed by atoms with Gasteiger partial charge in [-0.05, 0) is 37.0 Å². The van der Waals surface area contributed by atoms with Crippen LogP contribution in [0.5, 0.6) is 5.75 Å². The molecule has 5 nitrogen and oxygen atoms in total. The molecular weight excluding hydrogens is 302 g/mol. The van der Waals surface area contributed by atoms with Gasteiger partial charge < -0.3 is 20.1 Å². The molecule has 3 unspecified atom stereocenters. The second-order valence-corrected chi connectivity index (χ2v) is 7.23. The number of hydrogen-bond donors (Lipinski definition) is 2. The monoisotopic (exact) mass is 329 g/mol. The zero-order chi connectivity index (χ0) is 16.6. The minimum Gasteiger partial charge on any atom is -0.497 e.